The number of imidazole rings is 1. The van der Waals surface area contributed by atoms with Crippen LogP contribution in [0.2, 0.25) is 0 Å². The van der Waals surface area contributed by atoms with Crippen molar-refractivity contribution in [2.75, 3.05) is 0 Å². The molecule has 0 aliphatic heterocycles. The van der Waals surface area contributed by atoms with E-state index in [0.717, 1.165) is 18.1 Å². The van der Waals surface area contributed by atoms with E-state index < -0.39 is 0 Å². The SMILES string of the molecule is CC(C)c1ccc(Cn2ccnc2-c2cnccn2)cc1. The summed E-state index contributed by atoms with van der Waals surface area (Å²) < 4.78 is 2.09. The number of rotatable bonds is 4. The van der Waals surface area contributed by atoms with Gasteiger partial charge in [0.05, 0.1) is 6.20 Å². The van der Waals surface area contributed by atoms with Gasteiger partial charge in [0, 0.05) is 31.3 Å². The van der Waals surface area contributed by atoms with Crippen LogP contribution in [0.15, 0.2) is 55.2 Å². The first-order valence-electron chi connectivity index (χ1n) is 7.10. The van der Waals surface area contributed by atoms with Gasteiger partial charge in [-0.05, 0) is 17.0 Å². The summed E-state index contributed by atoms with van der Waals surface area (Å²) in [6, 6.07) is 8.74. The van der Waals surface area contributed by atoms with E-state index in [-0.39, 0.29) is 0 Å². The maximum atomic E-state index is 4.39. The molecule has 0 bridgehead atoms. The average Bonchev–Trinajstić information content (AvgIpc) is 2.97. The number of hydrogen-bond donors (Lipinski definition) is 0. The van der Waals surface area contributed by atoms with Crippen molar-refractivity contribution >= 4 is 0 Å². The van der Waals surface area contributed by atoms with Crippen molar-refractivity contribution in [3.63, 3.8) is 0 Å². The molecule has 4 nitrogen and oxygen atoms in total. The molecule has 0 unspecified atom stereocenters. The molecule has 2 aromatic heterocycles. The lowest BCUT2D eigenvalue weighted by Crippen LogP contribution is -2.02. The molecular formula is C17H18N4. The van der Waals surface area contributed by atoms with E-state index in [4.69, 9.17) is 0 Å². The van der Waals surface area contributed by atoms with E-state index >= 15 is 0 Å². The summed E-state index contributed by atoms with van der Waals surface area (Å²) in [5.74, 6) is 1.40. The summed E-state index contributed by atoms with van der Waals surface area (Å²) >= 11 is 0. The lowest BCUT2D eigenvalue weighted by molar-refractivity contribution is 0.799. The van der Waals surface area contributed by atoms with Crippen molar-refractivity contribution in [2.24, 2.45) is 0 Å². The van der Waals surface area contributed by atoms with Crippen LogP contribution in [-0.4, -0.2) is 19.5 Å². The zero-order valence-corrected chi connectivity index (χ0v) is 12.3. The molecule has 1 aromatic carbocycles. The van der Waals surface area contributed by atoms with Crippen molar-refractivity contribution < 1.29 is 0 Å². The predicted molar refractivity (Wildman–Crippen MR) is 82.9 cm³/mol. The van der Waals surface area contributed by atoms with Crippen LogP contribution in [0.4, 0.5) is 0 Å². The van der Waals surface area contributed by atoms with Crippen LogP contribution in [0.25, 0.3) is 11.5 Å². The summed E-state index contributed by atoms with van der Waals surface area (Å²) in [4.78, 5) is 12.8. The van der Waals surface area contributed by atoms with Crippen molar-refractivity contribution in [3.8, 4) is 11.5 Å². The Kier molecular flexibility index (Phi) is 3.77. The summed E-state index contributed by atoms with van der Waals surface area (Å²) in [5.41, 5.74) is 3.40. The molecular weight excluding hydrogens is 260 g/mol. The second-order valence-corrected chi connectivity index (χ2v) is 5.37. The molecule has 0 N–H and O–H groups in total. The monoisotopic (exact) mass is 278 g/mol. The molecule has 0 atom stereocenters. The lowest BCUT2D eigenvalue weighted by atomic mass is 10.0. The predicted octanol–water partition coefficient (Wildman–Crippen LogP) is 3.51. The lowest BCUT2D eigenvalue weighted by Gasteiger charge is -2.09. The van der Waals surface area contributed by atoms with Crippen LogP contribution < -0.4 is 0 Å². The topological polar surface area (TPSA) is 43.6 Å². The zero-order valence-electron chi connectivity index (χ0n) is 12.3. The van der Waals surface area contributed by atoms with Crippen molar-refractivity contribution in [2.45, 2.75) is 26.3 Å². The molecule has 0 aliphatic carbocycles. The number of nitrogens with zero attached hydrogens (tertiary/aromatic N) is 4. The van der Waals surface area contributed by atoms with Crippen LogP contribution in [0.5, 0.6) is 0 Å². The summed E-state index contributed by atoms with van der Waals surface area (Å²) in [5, 5.41) is 0. The van der Waals surface area contributed by atoms with Crippen molar-refractivity contribution in [3.05, 3.63) is 66.4 Å². The third-order valence-corrected chi connectivity index (χ3v) is 3.51. The standard InChI is InChI=1S/C17H18N4/c1-13(2)15-5-3-14(4-6-15)12-21-10-9-20-17(21)16-11-18-7-8-19-16/h3-11,13H,12H2,1-2H3. The Hall–Kier alpha value is -2.49. The first-order valence-corrected chi connectivity index (χ1v) is 7.10. The largest absolute Gasteiger partial charge is 0.325 e. The highest BCUT2D eigenvalue weighted by molar-refractivity contribution is 5.47. The molecule has 0 aliphatic rings. The molecule has 4 heteroatoms. The van der Waals surface area contributed by atoms with Gasteiger partial charge < -0.3 is 4.57 Å². The maximum absolute atomic E-state index is 4.39. The van der Waals surface area contributed by atoms with E-state index in [9.17, 15) is 0 Å². The molecule has 3 rings (SSSR count). The molecule has 0 spiro atoms. The molecule has 0 radical (unpaired) electrons. The minimum absolute atomic E-state index is 0.558. The van der Waals surface area contributed by atoms with Crippen molar-refractivity contribution in [1.29, 1.82) is 0 Å². The Morgan fingerprint density at radius 1 is 1.00 bits per heavy atom. The van der Waals surface area contributed by atoms with Crippen LogP contribution in [0.3, 0.4) is 0 Å². The summed E-state index contributed by atoms with van der Waals surface area (Å²) in [7, 11) is 0. The minimum Gasteiger partial charge on any atom is -0.325 e. The van der Waals surface area contributed by atoms with Gasteiger partial charge >= 0.3 is 0 Å². The fourth-order valence-corrected chi connectivity index (χ4v) is 2.29. The first-order chi connectivity index (χ1) is 10.2. The van der Waals surface area contributed by atoms with Crippen molar-refractivity contribution in [1.82, 2.24) is 19.5 Å². The number of aromatic nitrogens is 4. The second kappa shape index (κ2) is 5.87. The quantitative estimate of drug-likeness (QED) is 0.733. The Morgan fingerprint density at radius 2 is 1.81 bits per heavy atom. The van der Waals surface area contributed by atoms with Gasteiger partial charge in [-0.2, -0.15) is 0 Å². The van der Waals surface area contributed by atoms with E-state index in [1.54, 1.807) is 24.8 Å². The van der Waals surface area contributed by atoms with Crippen LogP contribution in [0.1, 0.15) is 30.9 Å². The highest BCUT2D eigenvalue weighted by atomic mass is 15.1. The third kappa shape index (κ3) is 2.99. The number of hydrogen-bond acceptors (Lipinski definition) is 3. The smallest absolute Gasteiger partial charge is 0.160 e. The van der Waals surface area contributed by atoms with Gasteiger partial charge in [-0.3, -0.25) is 4.98 Å². The summed E-state index contributed by atoms with van der Waals surface area (Å²) in [6.07, 6.45) is 8.86. The van der Waals surface area contributed by atoms with Gasteiger partial charge in [0.2, 0.25) is 0 Å². The second-order valence-electron chi connectivity index (χ2n) is 5.37. The average molecular weight is 278 g/mol. The van der Waals surface area contributed by atoms with E-state index in [0.29, 0.717) is 5.92 Å². The van der Waals surface area contributed by atoms with Gasteiger partial charge in [-0.25, -0.2) is 9.97 Å². The number of benzene rings is 1. The van der Waals surface area contributed by atoms with Gasteiger partial charge in [0.15, 0.2) is 5.82 Å². The first kappa shape index (κ1) is 13.5. The highest BCUT2D eigenvalue weighted by Crippen LogP contribution is 2.18. The van der Waals surface area contributed by atoms with Crippen LogP contribution in [-0.2, 0) is 6.54 Å². The molecule has 0 amide bonds. The Labute approximate surface area is 124 Å². The van der Waals surface area contributed by atoms with Crippen LogP contribution >= 0.6 is 0 Å². The van der Waals surface area contributed by atoms with Gasteiger partial charge in [-0.1, -0.05) is 38.1 Å². The molecule has 21 heavy (non-hydrogen) atoms. The van der Waals surface area contributed by atoms with Gasteiger partial charge in [0.1, 0.15) is 5.69 Å². The Balaban J connectivity index is 1.84. The Bertz CT molecular complexity index is 699. The fraction of sp³-hybridized carbons (Fsp3) is 0.235. The van der Waals surface area contributed by atoms with Crippen LogP contribution in [0, 0.1) is 0 Å². The zero-order chi connectivity index (χ0) is 14.7. The molecule has 3 aromatic rings. The maximum Gasteiger partial charge on any atom is 0.160 e. The third-order valence-electron chi connectivity index (χ3n) is 3.51. The molecule has 0 saturated carbocycles. The normalized spacial score (nSPS) is 11.0. The van der Waals surface area contributed by atoms with E-state index in [1.165, 1.54) is 11.1 Å². The van der Waals surface area contributed by atoms with E-state index in [1.807, 2.05) is 6.20 Å². The highest BCUT2D eigenvalue weighted by Gasteiger charge is 2.08. The Morgan fingerprint density at radius 3 is 2.48 bits per heavy atom. The summed E-state index contributed by atoms with van der Waals surface area (Å²) in [6.45, 7) is 5.19. The minimum atomic E-state index is 0.558. The molecule has 0 fully saturated rings. The van der Waals surface area contributed by atoms with Gasteiger partial charge in [-0.15, -0.1) is 0 Å². The van der Waals surface area contributed by atoms with Gasteiger partial charge in [0.25, 0.3) is 0 Å². The fourth-order valence-electron chi connectivity index (χ4n) is 2.29. The van der Waals surface area contributed by atoms with E-state index in [2.05, 4.69) is 57.6 Å². The molecule has 0 saturated heterocycles. The molecule has 106 valence electrons. The molecule has 2 heterocycles.